The van der Waals surface area contributed by atoms with Crippen LogP contribution in [0, 0.1) is 0 Å². The predicted octanol–water partition coefficient (Wildman–Crippen LogP) is 6.09. The Kier molecular flexibility index (Phi) is 7.69. The largest absolute Gasteiger partial charge is 0.394 e. The molecule has 0 radical (unpaired) electrons. The number of nitrogens with zero attached hydrogens (tertiary/aromatic N) is 3. The van der Waals surface area contributed by atoms with Crippen molar-refractivity contribution >= 4 is 17.7 Å². The molecular weight excluding hydrogens is 462 g/mol. The van der Waals surface area contributed by atoms with Gasteiger partial charge in [-0.1, -0.05) is 104 Å². The lowest BCUT2D eigenvalue weighted by Gasteiger charge is -2.37. The van der Waals surface area contributed by atoms with E-state index in [-0.39, 0.29) is 22.6 Å². The van der Waals surface area contributed by atoms with Crippen LogP contribution in [-0.2, 0) is 11.2 Å². The van der Waals surface area contributed by atoms with Crippen LogP contribution in [-0.4, -0.2) is 39.5 Å². The van der Waals surface area contributed by atoms with Gasteiger partial charge in [0.2, 0.25) is 5.95 Å². The maximum atomic E-state index is 10.3. The summed E-state index contributed by atoms with van der Waals surface area (Å²) in [4.78, 5) is 11.5. The van der Waals surface area contributed by atoms with Crippen molar-refractivity contribution in [1.29, 1.82) is 0 Å². The van der Waals surface area contributed by atoms with Crippen molar-refractivity contribution in [1.82, 2.24) is 9.97 Å². The monoisotopic (exact) mass is 495 g/mol. The molecule has 0 aliphatic carbocycles. The zero-order valence-electron chi connectivity index (χ0n) is 20.7. The Balaban J connectivity index is 1.54. The van der Waals surface area contributed by atoms with Gasteiger partial charge in [0, 0.05) is 24.2 Å². The Hall–Kier alpha value is -3.15. The highest BCUT2D eigenvalue weighted by atomic mass is 32.2. The van der Waals surface area contributed by atoms with E-state index in [1.54, 1.807) is 0 Å². The van der Waals surface area contributed by atoms with Gasteiger partial charge in [0.1, 0.15) is 0 Å². The van der Waals surface area contributed by atoms with Crippen molar-refractivity contribution in [2.75, 3.05) is 18.1 Å². The number of rotatable bonds is 9. The minimum atomic E-state index is -0.379. The minimum absolute atomic E-state index is 0.000421. The minimum Gasteiger partial charge on any atom is -0.394 e. The van der Waals surface area contributed by atoms with Crippen LogP contribution in [0.5, 0.6) is 0 Å². The third-order valence-electron chi connectivity index (χ3n) is 6.96. The van der Waals surface area contributed by atoms with Gasteiger partial charge in [0.15, 0.2) is 0 Å². The number of aromatic nitrogens is 2. The highest BCUT2D eigenvalue weighted by molar-refractivity contribution is 8.01. The molecule has 1 saturated heterocycles. The molecule has 1 fully saturated rings. The van der Waals surface area contributed by atoms with Gasteiger partial charge in [-0.15, -0.1) is 11.8 Å². The number of hydrogen-bond acceptors (Lipinski definition) is 5. The molecule has 5 heteroatoms. The van der Waals surface area contributed by atoms with Crippen molar-refractivity contribution in [3.63, 3.8) is 0 Å². The molecule has 184 valence electrons. The summed E-state index contributed by atoms with van der Waals surface area (Å²) in [7, 11) is 0. The highest BCUT2D eigenvalue weighted by Crippen LogP contribution is 2.52. The van der Waals surface area contributed by atoms with Gasteiger partial charge in [0.05, 0.1) is 17.4 Å². The Morgan fingerprint density at radius 1 is 0.833 bits per heavy atom. The lowest BCUT2D eigenvalue weighted by molar-refractivity contribution is 0.266. The van der Waals surface area contributed by atoms with E-state index in [0.29, 0.717) is 5.95 Å². The van der Waals surface area contributed by atoms with E-state index in [4.69, 9.17) is 0 Å². The maximum absolute atomic E-state index is 10.3. The van der Waals surface area contributed by atoms with Gasteiger partial charge >= 0.3 is 0 Å². The fraction of sp³-hybridized carbons (Fsp3) is 0.290. The first-order chi connectivity index (χ1) is 17.7. The molecule has 1 aromatic heterocycles. The van der Waals surface area contributed by atoms with Crippen LogP contribution in [0.25, 0.3) is 0 Å². The van der Waals surface area contributed by atoms with E-state index < -0.39 is 0 Å². The van der Waals surface area contributed by atoms with E-state index in [0.717, 1.165) is 31.4 Å². The number of benzene rings is 3. The van der Waals surface area contributed by atoms with E-state index in [9.17, 15) is 5.11 Å². The average molecular weight is 496 g/mol. The molecule has 2 heterocycles. The summed E-state index contributed by atoms with van der Waals surface area (Å²) in [6.07, 6.45) is 6.79. The number of aliphatic hydroxyl groups excluding tert-OH is 1. The standard InChI is InChI=1S/C31H33N3OS/c1-2-12-24-20-32-30(33-21-24)34-22-29(19-28(34)23-35)36-31(25-13-6-3-7-14-25,26-15-8-4-9-16-26)27-17-10-5-11-18-27/h3-11,13-18,20-21,28-29,35H,2,12,19,22-23H2,1H3. The fourth-order valence-corrected chi connectivity index (χ4v) is 7.13. The first-order valence-corrected chi connectivity index (χ1v) is 13.7. The Bertz CT molecular complexity index is 1120. The summed E-state index contributed by atoms with van der Waals surface area (Å²) >= 11 is 1.98. The van der Waals surface area contributed by atoms with E-state index >= 15 is 0 Å². The van der Waals surface area contributed by atoms with E-state index in [2.05, 4.69) is 113 Å². The van der Waals surface area contributed by atoms with Crippen LogP contribution in [0.3, 0.4) is 0 Å². The highest BCUT2D eigenvalue weighted by Gasteiger charge is 2.43. The summed E-state index contributed by atoms with van der Waals surface area (Å²) < 4.78 is -0.379. The summed E-state index contributed by atoms with van der Waals surface area (Å²) in [6.45, 7) is 3.04. The summed E-state index contributed by atoms with van der Waals surface area (Å²) in [5, 5.41) is 10.6. The van der Waals surface area contributed by atoms with Gasteiger partial charge in [0.25, 0.3) is 0 Å². The third kappa shape index (κ3) is 4.91. The summed E-state index contributed by atoms with van der Waals surface area (Å²) in [6, 6.07) is 32.4. The normalized spacial score (nSPS) is 17.9. The molecule has 36 heavy (non-hydrogen) atoms. The van der Waals surface area contributed by atoms with Crippen molar-refractivity contribution in [2.45, 2.75) is 42.2 Å². The van der Waals surface area contributed by atoms with Crippen LogP contribution in [0.15, 0.2) is 103 Å². The number of hydrogen-bond donors (Lipinski definition) is 1. The molecule has 3 aromatic carbocycles. The van der Waals surface area contributed by atoms with Crippen molar-refractivity contribution in [3.05, 3.63) is 126 Å². The van der Waals surface area contributed by atoms with Crippen LogP contribution in [0.2, 0.25) is 0 Å². The molecule has 0 spiro atoms. The lowest BCUT2D eigenvalue weighted by Crippen LogP contribution is -2.34. The number of aryl methyl sites for hydroxylation is 1. The summed E-state index contributed by atoms with van der Waals surface area (Å²) in [5.41, 5.74) is 4.92. The zero-order chi connectivity index (χ0) is 24.8. The van der Waals surface area contributed by atoms with Gasteiger partial charge in [-0.05, 0) is 35.1 Å². The lowest BCUT2D eigenvalue weighted by atomic mass is 9.84. The van der Waals surface area contributed by atoms with Gasteiger partial charge in [-0.3, -0.25) is 0 Å². The molecule has 5 rings (SSSR count). The van der Waals surface area contributed by atoms with Crippen molar-refractivity contribution in [3.8, 4) is 0 Å². The average Bonchev–Trinajstić information content (AvgIpc) is 3.36. The second-order valence-electron chi connectivity index (χ2n) is 9.38. The quantitative estimate of drug-likeness (QED) is 0.285. The second kappa shape index (κ2) is 11.3. The zero-order valence-corrected chi connectivity index (χ0v) is 21.5. The van der Waals surface area contributed by atoms with Gasteiger partial charge in [-0.25, -0.2) is 9.97 Å². The van der Waals surface area contributed by atoms with Crippen LogP contribution < -0.4 is 4.90 Å². The molecule has 4 aromatic rings. The van der Waals surface area contributed by atoms with Crippen LogP contribution >= 0.6 is 11.8 Å². The molecule has 2 unspecified atom stereocenters. The maximum Gasteiger partial charge on any atom is 0.225 e. The second-order valence-corrected chi connectivity index (χ2v) is 10.9. The molecule has 1 aliphatic rings. The molecule has 2 atom stereocenters. The Morgan fingerprint density at radius 2 is 1.33 bits per heavy atom. The third-order valence-corrected chi connectivity index (χ3v) is 8.69. The molecule has 0 saturated carbocycles. The molecule has 0 bridgehead atoms. The first kappa shape index (κ1) is 24.5. The number of thioether (sulfide) groups is 1. The number of aliphatic hydroxyl groups is 1. The first-order valence-electron chi connectivity index (χ1n) is 12.8. The molecule has 0 amide bonds. The molecule has 4 nitrogen and oxygen atoms in total. The predicted molar refractivity (Wildman–Crippen MR) is 149 cm³/mol. The van der Waals surface area contributed by atoms with Crippen molar-refractivity contribution < 1.29 is 5.11 Å². The van der Waals surface area contributed by atoms with Crippen LogP contribution in [0.1, 0.15) is 42.0 Å². The fourth-order valence-electron chi connectivity index (χ4n) is 5.26. The number of anilines is 1. The molecule has 1 aliphatic heterocycles. The summed E-state index contributed by atoms with van der Waals surface area (Å²) in [5.74, 6) is 0.710. The molecular formula is C31H33N3OS. The van der Waals surface area contributed by atoms with Crippen molar-refractivity contribution in [2.24, 2.45) is 0 Å². The topological polar surface area (TPSA) is 49.2 Å². The molecule has 1 N–H and O–H groups in total. The smallest absolute Gasteiger partial charge is 0.225 e. The Morgan fingerprint density at radius 3 is 1.78 bits per heavy atom. The van der Waals surface area contributed by atoms with E-state index in [1.165, 1.54) is 16.7 Å². The SMILES string of the molecule is CCCc1cnc(N2CC(SC(c3ccccc3)(c3ccccc3)c3ccccc3)CC2CO)nc1. The van der Waals surface area contributed by atoms with Gasteiger partial charge in [-0.2, -0.15) is 0 Å². The van der Waals surface area contributed by atoms with Gasteiger partial charge < -0.3 is 10.0 Å². The van der Waals surface area contributed by atoms with E-state index in [1.807, 2.05) is 24.2 Å². The Labute approximate surface area is 218 Å². The van der Waals surface area contributed by atoms with Crippen LogP contribution in [0.4, 0.5) is 5.95 Å².